The van der Waals surface area contributed by atoms with Gasteiger partial charge in [0.1, 0.15) is 5.82 Å². The van der Waals surface area contributed by atoms with Crippen LogP contribution in [0.4, 0.5) is 4.39 Å². The Morgan fingerprint density at radius 2 is 1.93 bits per heavy atom. The summed E-state index contributed by atoms with van der Waals surface area (Å²) >= 11 is 0. The summed E-state index contributed by atoms with van der Waals surface area (Å²) in [6.45, 7) is 0. The lowest BCUT2D eigenvalue weighted by atomic mass is 10.1. The lowest BCUT2D eigenvalue weighted by Crippen LogP contribution is -2.03. The van der Waals surface area contributed by atoms with Crippen LogP contribution in [0, 0.1) is 5.82 Å². The van der Waals surface area contributed by atoms with Gasteiger partial charge in [0, 0.05) is 28.2 Å². The van der Waals surface area contributed by atoms with Crippen LogP contribution < -0.4 is 0 Å². The first-order valence-electron chi connectivity index (χ1n) is 4.20. The van der Waals surface area contributed by atoms with Gasteiger partial charge in [0.15, 0.2) is 5.78 Å². The minimum atomic E-state index is -3.99. The van der Waals surface area contributed by atoms with Gasteiger partial charge >= 0.3 is 0 Å². The van der Waals surface area contributed by atoms with Crippen LogP contribution in [0.1, 0.15) is 22.3 Å². The van der Waals surface area contributed by atoms with Gasteiger partial charge in [-0.05, 0) is 18.6 Å². The summed E-state index contributed by atoms with van der Waals surface area (Å²) in [6.07, 6.45) is 0.371. The third kappa shape index (κ3) is 1.66. The van der Waals surface area contributed by atoms with E-state index >= 15 is 0 Å². The zero-order valence-corrected chi connectivity index (χ0v) is 9.03. The van der Waals surface area contributed by atoms with Crippen molar-refractivity contribution in [3.63, 3.8) is 0 Å². The molecule has 15 heavy (non-hydrogen) atoms. The Bertz CT molecular complexity index is 551. The molecule has 1 aromatic carbocycles. The summed E-state index contributed by atoms with van der Waals surface area (Å²) in [6, 6.07) is 2.05. The zero-order chi connectivity index (χ0) is 11.2. The van der Waals surface area contributed by atoms with E-state index in [-0.39, 0.29) is 34.6 Å². The first kappa shape index (κ1) is 10.6. The highest BCUT2D eigenvalue weighted by Crippen LogP contribution is 2.31. The molecule has 1 aromatic rings. The molecule has 2 rings (SSSR count). The fourth-order valence-corrected chi connectivity index (χ4v) is 2.81. The fraction of sp³-hybridized carbons (Fsp3) is 0.222. The zero-order valence-electron chi connectivity index (χ0n) is 7.46. The second kappa shape index (κ2) is 3.28. The van der Waals surface area contributed by atoms with E-state index in [4.69, 9.17) is 10.7 Å². The molecule has 0 saturated carbocycles. The Kier molecular flexibility index (Phi) is 2.31. The van der Waals surface area contributed by atoms with Gasteiger partial charge in [-0.2, -0.15) is 0 Å². The maximum absolute atomic E-state index is 13.2. The molecule has 0 bridgehead atoms. The number of fused-ring (bicyclic) bond motifs is 1. The number of Topliss-reactive ketones (excluding diaryl/α,β-unsaturated/α-hetero) is 1. The van der Waals surface area contributed by atoms with Gasteiger partial charge in [0.2, 0.25) is 0 Å². The minimum absolute atomic E-state index is 0.0787. The molecule has 0 unspecified atom stereocenters. The van der Waals surface area contributed by atoms with Gasteiger partial charge < -0.3 is 0 Å². The maximum atomic E-state index is 13.2. The molecular formula is C9H6ClFO3S. The van der Waals surface area contributed by atoms with Crippen LogP contribution in [-0.2, 0) is 15.5 Å². The van der Waals surface area contributed by atoms with Crippen LogP contribution >= 0.6 is 10.7 Å². The molecule has 0 aliphatic heterocycles. The molecule has 0 aromatic heterocycles. The normalized spacial score (nSPS) is 15.5. The van der Waals surface area contributed by atoms with Crippen LogP contribution in [0.3, 0.4) is 0 Å². The van der Waals surface area contributed by atoms with Gasteiger partial charge in [-0.1, -0.05) is 0 Å². The molecule has 0 fully saturated rings. The summed E-state index contributed by atoms with van der Waals surface area (Å²) in [5, 5.41) is 0. The highest BCUT2D eigenvalue weighted by molar-refractivity contribution is 8.13. The molecule has 1 aliphatic carbocycles. The van der Waals surface area contributed by atoms with Crippen molar-refractivity contribution in [1.29, 1.82) is 0 Å². The Labute approximate surface area is 90.3 Å². The summed E-state index contributed by atoms with van der Waals surface area (Å²) in [7, 11) is 1.16. The molecule has 0 radical (unpaired) electrons. The first-order valence-corrected chi connectivity index (χ1v) is 6.51. The number of halogens is 2. The van der Waals surface area contributed by atoms with Crippen molar-refractivity contribution in [3.8, 4) is 0 Å². The Hall–Kier alpha value is -0.940. The average Bonchev–Trinajstić information content (AvgIpc) is 2.48. The van der Waals surface area contributed by atoms with E-state index in [1.54, 1.807) is 0 Å². The predicted molar refractivity (Wildman–Crippen MR) is 52.1 cm³/mol. The van der Waals surface area contributed by atoms with Gasteiger partial charge in [0.05, 0.1) is 4.90 Å². The molecule has 80 valence electrons. The van der Waals surface area contributed by atoms with Gasteiger partial charge in [-0.25, -0.2) is 12.8 Å². The Balaban J connectivity index is 2.81. The fourth-order valence-electron chi connectivity index (χ4n) is 1.72. The van der Waals surface area contributed by atoms with E-state index in [0.717, 1.165) is 12.1 Å². The quantitative estimate of drug-likeness (QED) is 0.713. The topological polar surface area (TPSA) is 51.2 Å². The smallest absolute Gasteiger partial charge is 0.262 e. The molecule has 0 atom stereocenters. The minimum Gasteiger partial charge on any atom is -0.294 e. The molecular weight excluding hydrogens is 243 g/mol. The van der Waals surface area contributed by atoms with Crippen LogP contribution in [0.15, 0.2) is 17.0 Å². The van der Waals surface area contributed by atoms with E-state index in [9.17, 15) is 17.6 Å². The molecule has 0 amide bonds. The monoisotopic (exact) mass is 248 g/mol. The van der Waals surface area contributed by atoms with E-state index in [2.05, 4.69) is 0 Å². The molecule has 0 spiro atoms. The molecule has 0 heterocycles. The van der Waals surface area contributed by atoms with Crippen molar-refractivity contribution in [2.45, 2.75) is 17.7 Å². The highest BCUT2D eigenvalue weighted by atomic mass is 35.7. The number of carbonyl (C=O) groups excluding carboxylic acids is 1. The molecule has 0 N–H and O–H groups in total. The van der Waals surface area contributed by atoms with Gasteiger partial charge in [0.25, 0.3) is 9.05 Å². The van der Waals surface area contributed by atoms with Crippen molar-refractivity contribution in [3.05, 3.63) is 29.1 Å². The summed E-state index contributed by atoms with van der Waals surface area (Å²) in [4.78, 5) is 11.1. The second-order valence-electron chi connectivity index (χ2n) is 3.26. The lowest BCUT2D eigenvalue weighted by Gasteiger charge is -2.04. The largest absolute Gasteiger partial charge is 0.294 e. The van der Waals surface area contributed by atoms with Crippen LogP contribution in [0.5, 0.6) is 0 Å². The molecule has 3 nitrogen and oxygen atoms in total. The number of ketones is 1. The lowest BCUT2D eigenvalue weighted by molar-refractivity contribution is 0.0992. The Morgan fingerprint density at radius 1 is 1.27 bits per heavy atom. The van der Waals surface area contributed by atoms with Crippen molar-refractivity contribution in [2.24, 2.45) is 0 Å². The van der Waals surface area contributed by atoms with Crippen LogP contribution in [0.2, 0.25) is 0 Å². The number of rotatable bonds is 1. The highest BCUT2D eigenvalue weighted by Gasteiger charge is 2.30. The second-order valence-corrected chi connectivity index (χ2v) is 5.79. The predicted octanol–water partition coefficient (Wildman–Crippen LogP) is 1.88. The summed E-state index contributed by atoms with van der Waals surface area (Å²) in [5.41, 5.74) is 0.0757. The molecule has 0 saturated heterocycles. The van der Waals surface area contributed by atoms with Crippen molar-refractivity contribution < 1.29 is 17.6 Å². The van der Waals surface area contributed by atoms with Crippen molar-refractivity contribution >= 4 is 25.5 Å². The summed E-state index contributed by atoms with van der Waals surface area (Å²) < 4.78 is 35.5. The third-order valence-corrected chi connectivity index (χ3v) is 3.73. The van der Waals surface area contributed by atoms with E-state index in [1.165, 1.54) is 0 Å². The SMILES string of the molecule is O=C1CCc2c(F)ccc(S(=O)(=O)Cl)c21. The van der Waals surface area contributed by atoms with Crippen molar-refractivity contribution in [1.82, 2.24) is 0 Å². The standard InChI is InChI=1S/C9H6ClFO3S/c10-15(13,14)8-4-2-6(11)5-1-3-7(12)9(5)8/h2,4H,1,3H2. The number of hydrogen-bond donors (Lipinski definition) is 0. The van der Waals surface area contributed by atoms with E-state index in [0.29, 0.717) is 0 Å². The van der Waals surface area contributed by atoms with Gasteiger partial charge in [-0.15, -0.1) is 0 Å². The third-order valence-electron chi connectivity index (χ3n) is 2.36. The van der Waals surface area contributed by atoms with E-state index < -0.39 is 14.9 Å². The number of carbonyl (C=O) groups is 1. The summed E-state index contributed by atoms with van der Waals surface area (Å²) in [5.74, 6) is -0.927. The van der Waals surface area contributed by atoms with Crippen molar-refractivity contribution in [2.75, 3.05) is 0 Å². The average molecular weight is 249 g/mol. The number of hydrogen-bond acceptors (Lipinski definition) is 3. The van der Waals surface area contributed by atoms with E-state index in [1.807, 2.05) is 0 Å². The van der Waals surface area contributed by atoms with Gasteiger partial charge in [-0.3, -0.25) is 4.79 Å². The molecule has 6 heteroatoms. The number of benzene rings is 1. The van der Waals surface area contributed by atoms with Crippen LogP contribution in [-0.4, -0.2) is 14.2 Å². The Morgan fingerprint density at radius 3 is 2.53 bits per heavy atom. The first-order chi connectivity index (χ1) is 6.91. The maximum Gasteiger partial charge on any atom is 0.262 e. The molecule has 1 aliphatic rings. The van der Waals surface area contributed by atoms with Crippen LogP contribution in [0.25, 0.3) is 0 Å².